The van der Waals surface area contributed by atoms with Crippen LogP contribution in [0.15, 0.2) is 17.5 Å². The van der Waals surface area contributed by atoms with Crippen molar-refractivity contribution in [2.24, 2.45) is 0 Å². The molecular weight excluding hydrogens is 526 g/mol. The van der Waals surface area contributed by atoms with E-state index in [0.717, 1.165) is 54.8 Å². The zero-order chi connectivity index (χ0) is 27.2. The van der Waals surface area contributed by atoms with Crippen LogP contribution in [0.3, 0.4) is 0 Å². The first-order valence-corrected chi connectivity index (χ1v) is 14.4. The fraction of sp³-hybridized carbons (Fsp3) is 0.591. The van der Waals surface area contributed by atoms with Gasteiger partial charge in [-0.1, -0.05) is 45.1 Å². The third-order valence-electron chi connectivity index (χ3n) is 6.18. The third-order valence-corrected chi connectivity index (χ3v) is 8.00. The number of urea groups is 1. The molecule has 3 N–H and O–H groups in total. The molecule has 2 fully saturated rings. The first-order valence-electron chi connectivity index (χ1n) is 12.1. The topological polar surface area (TPSA) is 173 Å². The van der Waals surface area contributed by atoms with Gasteiger partial charge < -0.3 is 15.5 Å². The average molecular weight is 558 g/mol. The molecule has 15 heteroatoms. The van der Waals surface area contributed by atoms with Gasteiger partial charge in [-0.25, -0.2) is 9.10 Å². The Hall–Kier alpha value is -3.04. The summed E-state index contributed by atoms with van der Waals surface area (Å²) in [6, 6.07) is -0.248. The summed E-state index contributed by atoms with van der Waals surface area (Å²) >= 11 is 1.14. The molecule has 3 rings (SSSR count). The van der Waals surface area contributed by atoms with Gasteiger partial charge in [0.2, 0.25) is 5.91 Å². The number of carbonyl (C=O) groups is 5. The van der Waals surface area contributed by atoms with Crippen molar-refractivity contribution in [3.8, 4) is 0 Å². The predicted molar refractivity (Wildman–Crippen MR) is 132 cm³/mol. The lowest BCUT2D eigenvalue weighted by atomic mass is 10.1. The number of β-lactam (4-membered cyclic amide) rings is 1. The van der Waals surface area contributed by atoms with Crippen molar-refractivity contribution in [2.45, 2.75) is 57.5 Å². The van der Waals surface area contributed by atoms with E-state index in [4.69, 9.17) is 4.55 Å². The summed E-state index contributed by atoms with van der Waals surface area (Å²) < 4.78 is 31.4. The fourth-order valence-electron chi connectivity index (χ4n) is 4.05. The Morgan fingerprint density at radius 1 is 1.11 bits per heavy atom. The maximum absolute atomic E-state index is 12.9. The molecule has 0 aromatic carbocycles. The van der Waals surface area contributed by atoms with E-state index in [1.165, 1.54) is 4.90 Å². The second kappa shape index (κ2) is 12.5. The highest BCUT2D eigenvalue weighted by molar-refractivity contribution is 7.84. The number of nitrogens with zero attached hydrogens (tertiary/aromatic N) is 3. The Kier molecular flexibility index (Phi) is 9.62. The van der Waals surface area contributed by atoms with E-state index >= 15 is 0 Å². The Labute approximate surface area is 219 Å². The highest BCUT2D eigenvalue weighted by atomic mass is 32.2. The Bertz CT molecular complexity index is 1120. The largest absolute Gasteiger partial charge is 0.362 e. The number of imide groups is 1. The first kappa shape index (κ1) is 28.5. The highest BCUT2D eigenvalue weighted by Crippen LogP contribution is 2.22. The van der Waals surface area contributed by atoms with Crippen molar-refractivity contribution in [1.29, 1.82) is 0 Å². The molecule has 3 heterocycles. The van der Waals surface area contributed by atoms with Gasteiger partial charge in [-0.15, -0.1) is 11.3 Å². The number of carbonyl (C=O) groups excluding carboxylic acids is 5. The Morgan fingerprint density at radius 2 is 1.81 bits per heavy atom. The van der Waals surface area contributed by atoms with E-state index in [1.807, 2.05) is 0 Å². The molecule has 2 saturated heterocycles. The molecule has 37 heavy (non-hydrogen) atoms. The minimum absolute atomic E-state index is 0.0323. The number of piperazine rings is 1. The molecule has 0 spiro atoms. The average Bonchev–Trinajstić information content (AvgIpc) is 3.38. The van der Waals surface area contributed by atoms with Crippen LogP contribution in [0, 0.1) is 0 Å². The van der Waals surface area contributed by atoms with E-state index in [9.17, 15) is 32.4 Å². The number of unbranched alkanes of at least 4 members (excludes halogenated alkanes) is 5. The van der Waals surface area contributed by atoms with Crippen LogP contribution in [0.1, 0.15) is 56.4 Å². The number of nitrogens with one attached hydrogen (secondary N) is 2. The smallest absolute Gasteiger partial charge is 0.340 e. The highest BCUT2D eigenvalue weighted by Gasteiger charge is 2.45. The zero-order valence-corrected chi connectivity index (χ0v) is 22.1. The van der Waals surface area contributed by atoms with Gasteiger partial charge in [-0.05, 0) is 17.9 Å². The van der Waals surface area contributed by atoms with E-state index < -0.39 is 58.6 Å². The van der Waals surface area contributed by atoms with Crippen LogP contribution in [0.5, 0.6) is 0 Å². The summed E-state index contributed by atoms with van der Waals surface area (Å²) in [5.74, 6) is -3.60. The number of hydrogen-bond acceptors (Lipinski definition) is 8. The van der Waals surface area contributed by atoms with Crippen LogP contribution >= 0.6 is 11.3 Å². The van der Waals surface area contributed by atoms with Crippen molar-refractivity contribution in [3.05, 3.63) is 22.4 Å². The molecule has 2 unspecified atom stereocenters. The first-order chi connectivity index (χ1) is 17.5. The summed E-state index contributed by atoms with van der Waals surface area (Å²) in [6.45, 7) is 2.26. The number of rotatable bonds is 12. The second-order valence-corrected chi connectivity index (χ2v) is 11.1. The molecule has 2 aliphatic heterocycles. The summed E-state index contributed by atoms with van der Waals surface area (Å²) in [5.41, 5.74) is 0. The molecule has 2 aliphatic rings. The summed E-state index contributed by atoms with van der Waals surface area (Å²) in [4.78, 5) is 65.5. The molecule has 1 aromatic rings. The lowest BCUT2D eigenvalue weighted by molar-refractivity contribution is -0.153. The van der Waals surface area contributed by atoms with Crippen molar-refractivity contribution < 1.29 is 36.9 Å². The summed E-state index contributed by atoms with van der Waals surface area (Å²) in [7, 11) is -4.72. The quantitative estimate of drug-likeness (QED) is 0.145. The molecule has 0 saturated carbocycles. The molecule has 2 atom stereocenters. The predicted octanol–water partition coefficient (Wildman–Crippen LogP) is 0.660. The molecule has 0 aliphatic carbocycles. The van der Waals surface area contributed by atoms with Gasteiger partial charge in [0.25, 0.3) is 5.91 Å². The molecule has 204 valence electrons. The SMILES string of the molecule is CCCCCCCCN1CCN(C(=O)NC(C(=O)NC2CN(S(=O)(=O)O)C2=O)c2cccs2)C(=O)C1=O. The van der Waals surface area contributed by atoms with Gasteiger partial charge in [0.1, 0.15) is 12.1 Å². The van der Waals surface area contributed by atoms with Gasteiger partial charge in [-0.2, -0.15) is 8.42 Å². The van der Waals surface area contributed by atoms with Gasteiger partial charge in [-0.3, -0.25) is 28.6 Å². The van der Waals surface area contributed by atoms with Crippen molar-refractivity contribution in [1.82, 2.24) is 24.7 Å². The Morgan fingerprint density at radius 3 is 2.43 bits per heavy atom. The third kappa shape index (κ3) is 7.05. The second-order valence-electron chi connectivity index (χ2n) is 8.82. The normalized spacial score (nSPS) is 19.0. The summed E-state index contributed by atoms with van der Waals surface area (Å²) in [5, 5.41) is 6.44. The van der Waals surface area contributed by atoms with Crippen LogP contribution in [0.4, 0.5) is 4.79 Å². The van der Waals surface area contributed by atoms with Gasteiger partial charge in [0.15, 0.2) is 0 Å². The number of hydrogen-bond donors (Lipinski definition) is 3. The Balaban J connectivity index is 1.57. The van der Waals surface area contributed by atoms with Gasteiger partial charge in [0.05, 0.1) is 6.54 Å². The van der Waals surface area contributed by atoms with Gasteiger partial charge in [0, 0.05) is 24.5 Å². The molecule has 1 aromatic heterocycles. The number of amides is 6. The van der Waals surface area contributed by atoms with Gasteiger partial charge >= 0.3 is 28.1 Å². The van der Waals surface area contributed by atoms with E-state index in [-0.39, 0.29) is 17.4 Å². The lowest BCUT2D eigenvalue weighted by Gasteiger charge is -2.36. The molecule has 6 amide bonds. The van der Waals surface area contributed by atoms with Crippen LogP contribution in [-0.2, 0) is 29.5 Å². The van der Waals surface area contributed by atoms with Crippen LogP contribution in [0.2, 0.25) is 0 Å². The van der Waals surface area contributed by atoms with Crippen LogP contribution in [0.25, 0.3) is 0 Å². The minimum atomic E-state index is -4.72. The lowest BCUT2D eigenvalue weighted by Crippen LogP contribution is -2.66. The molecular formula is C22H31N5O8S2. The monoisotopic (exact) mass is 557 g/mol. The fourth-order valence-corrected chi connectivity index (χ4v) is 5.52. The van der Waals surface area contributed by atoms with Crippen LogP contribution < -0.4 is 10.6 Å². The molecule has 0 radical (unpaired) electrons. The standard InChI is InChI=1S/C22H31N5O8S2/c1-2-3-4-5-6-7-10-25-11-12-26(21(31)20(25)30)22(32)24-17(16-9-8-13-36-16)18(28)23-15-14-27(19(15)29)37(33,34)35/h8-9,13,15,17H,2-7,10-12,14H2,1H3,(H,23,28)(H,24,32)(H,33,34,35). The van der Waals surface area contributed by atoms with Crippen molar-refractivity contribution in [3.63, 3.8) is 0 Å². The van der Waals surface area contributed by atoms with E-state index in [0.29, 0.717) is 11.4 Å². The maximum Gasteiger partial charge on any atom is 0.362 e. The van der Waals surface area contributed by atoms with E-state index in [1.54, 1.807) is 17.5 Å². The van der Waals surface area contributed by atoms with Crippen LogP contribution in [-0.4, -0.2) is 89.0 Å². The number of thiophene rings is 1. The zero-order valence-electron chi connectivity index (χ0n) is 20.4. The van der Waals surface area contributed by atoms with Crippen molar-refractivity contribution in [2.75, 3.05) is 26.2 Å². The minimum Gasteiger partial charge on any atom is -0.340 e. The molecule has 13 nitrogen and oxygen atoms in total. The maximum atomic E-state index is 12.9. The van der Waals surface area contributed by atoms with E-state index in [2.05, 4.69) is 17.6 Å². The molecule has 0 bridgehead atoms. The van der Waals surface area contributed by atoms with Crippen molar-refractivity contribution >= 4 is 51.3 Å². The summed E-state index contributed by atoms with van der Waals surface area (Å²) in [6.07, 6.45) is 6.21.